The number of hydrogen-bond acceptors (Lipinski definition) is 3. The number of aromatic nitrogens is 1. The molecule has 1 aliphatic rings. The molecule has 1 fully saturated rings. The van der Waals surface area contributed by atoms with E-state index in [1.165, 1.54) is 12.3 Å². The molecule has 16 heavy (non-hydrogen) atoms. The van der Waals surface area contributed by atoms with E-state index in [2.05, 4.69) is 5.32 Å². The largest absolute Gasteiger partial charge is 0.394 e. The van der Waals surface area contributed by atoms with Crippen LogP contribution < -0.4 is 16.5 Å². The van der Waals surface area contributed by atoms with Gasteiger partial charge in [-0.25, -0.2) is 0 Å². The van der Waals surface area contributed by atoms with E-state index in [0.717, 1.165) is 12.8 Å². The highest BCUT2D eigenvalue weighted by atomic mass is 16.2. The molecule has 1 aromatic rings. The molecule has 1 heterocycles. The van der Waals surface area contributed by atoms with Crippen LogP contribution in [0, 0.1) is 0 Å². The van der Waals surface area contributed by atoms with Crippen molar-refractivity contribution in [3.63, 3.8) is 0 Å². The average molecular weight is 221 g/mol. The fourth-order valence-corrected chi connectivity index (χ4v) is 1.44. The first-order valence-corrected chi connectivity index (χ1v) is 5.35. The first-order chi connectivity index (χ1) is 7.58. The normalized spacial score (nSPS) is 16.8. The number of anilines is 1. The SMILES string of the molecule is CC(C(=O)NC1CC1)n1ccc(=O)c(N)c1. The molecule has 1 atom stereocenters. The van der Waals surface area contributed by atoms with Crippen LogP contribution in [0.1, 0.15) is 25.8 Å². The van der Waals surface area contributed by atoms with Gasteiger partial charge in [-0.2, -0.15) is 0 Å². The minimum atomic E-state index is -0.344. The number of rotatable bonds is 3. The summed E-state index contributed by atoms with van der Waals surface area (Å²) in [6.07, 6.45) is 5.20. The molecule has 0 saturated heterocycles. The van der Waals surface area contributed by atoms with Crippen LogP contribution in [0.2, 0.25) is 0 Å². The van der Waals surface area contributed by atoms with E-state index in [9.17, 15) is 9.59 Å². The maximum absolute atomic E-state index is 11.7. The Morgan fingerprint density at radius 1 is 1.62 bits per heavy atom. The van der Waals surface area contributed by atoms with Gasteiger partial charge in [0.05, 0.1) is 5.69 Å². The number of pyridine rings is 1. The lowest BCUT2D eigenvalue weighted by Gasteiger charge is -2.15. The van der Waals surface area contributed by atoms with Crippen molar-refractivity contribution < 1.29 is 4.79 Å². The molecule has 0 spiro atoms. The molecule has 1 aromatic heterocycles. The minimum absolute atomic E-state index is 0.0365. The maximum atomic E-state index is 11.7. The summed E-state index contributed by atoms with van der Waals surface area (Å²) in [4.78, 5) is 22.9. The summed E-state index contributed by atoms with van der Waals surface area (Å²) >= 11 is 0. The number of carbonyl (C=O) groups is 1. The minimum Gasteiger partial charge on any atom is -0.394 e. The van der Waals surface area contributed by atoms with E-state index >= 15 is 0 Å². The van der Waals surface area contributed by atoms with Crippen LogP contribution in [-0.2, 0) is 4.79 Å². The molecular formula is C11H15N3O2. The van der Waals surface area contributed by atoms with Crippen LogP contribution in [-0.4, -0.2) is 16.5 Å². The second-order valence-corrected chi connectivity index (χ2v) is 4.17. The van der Waals surface area contributed by atoms with Crippen LogP contribution in [0.4, 0.5) is 5.69 Å². The van der Waals surface area contributed by atoms with Crippen LogP contribution in [0.15, 0.2) is 23.3 Å². The first-order valence-electron chi connectivity index (χ1n) is 5.35. The Balaban J connectivity index is 2.12. The second-order valence-electron chi connectivity index (χ2n) is 4.17. The lowest BCUT2D eigenvalue weighted by Crippen LogP contribution is -2.32. The Labute approximate surface area is 93.3 Å². The Morgan fingerprint density at radius 3 is 2.88 bits per heavy atom. The summed E-state index contributed by atoms with van der Waals surface area (Å²) in [6.45, 7) is 1.78. The van der Waals surface area contributed by atoms with Crippen molar-refractivity contribution in [3.8, 4) is 0 Å². The van der Waals surface area contributed by atoms with Crippen molar-refractivity contribution in [1.29, 1.82) is 0 Å². The highest BCUT2D eigenvalue weighted by molar-refractivity contribution is 5.80. The molecule has 0 radical (unpaired) electrons. The van der Waals surface area contributed by atoms with Gasteiger partial charge in [0.1, 0.15) is 6.04 Å². The Bertz CT molecular complexity index is 463. The van der Waals surface area contributed by atoms with Gasteiger partial charge in [-0.3, -0.25) is 9.59 Å². The highest BCUT2D eigenvalue weighted by Gasteiger charge is 2.25. The predicted octanol–water partition coefficient (Wildman–Crippen LogP) is 0.270. The molecule has 1 unspecified atom stereocenters. The number of hydrogen-bond donors (Lipinski definition) is 2. The lowest BCUT2D eigenvalue weighted by atomic mass is 10.3. The predicted molar refractivity (Wildman–Crippen MR) is 61.0 cm³/mol. The fourth-order valence-electron chi connectivity index (χ4n) is 1.44. The zero-order valence-electron chi connectivity index (χ0n) is 9.14. The molecule has 0 bridgehead atoms. The van der Waals surface area contributed by atoms with Gasteiger partial charge in [-0.05, 0) is 19.8 Å². The topological polar surface area (TPSA) is 77.1 Å². The second kappa shape index (κ2) is 4.00. The van der Waals surface area contributed by atoms with Crippen molar-refractivity contribution in [2.45, 2.75) is 31.8 Å². The van der Waals surface area contributed by atoms with Gasteiger partial charge in [0, 0.05) is 24.5 Å². The van der Waals surface area contributed by atoms with Gasteiger partial charge in [0.25, 0.3) is 0 Å². The molecule has 1 saturated carbocycles. The van der Waals surface area contributed by atoms with Crippen LogP contribution in [0.3, 0.4) is 0 Å². The van der Waals surface area contributed by atoms with Crippen molar-refractivity contribution in [2.24, 2.45) is 0 Å². The van der Waals surface area contributed by atoms with Crippen molar-refractivity contribution >= 4 is 11.6 Å². The van der Waals surface area contributed by atoms with E-state index in [1.54, 1.807) is 17.7 Å². The molecule has 5 heteroatoms. The van der Waals surface area contributed by atoms with E-state index < -0.39 is 0 Å². The smallest absolute Gasteiger partial charge is 0.242 e. The van der Waals surface area contributed by atoms with Crippen LogP contribution in [0.5, 0.6) is 0 Å². The number of nitrogen functional groups attached to an aromatic ring is 1. The number of amides is 1. The number of carbonyl (C=O) groups excluding carboxylic acids is 1. The summed E-state index contributed by atoms with van der Waals surface area (Å²) in [5.41, 5.74) is 5.45. The van der Waals surface area contributed by atoms with Crippen molar-refractivity contribution in [2.75, 3.05) is 5.73 Å². The van der Waals surface area contributed by atoms with Gasteiger partial charge >= 0.3 is 0 Å². The molecule has 5 nitrogen and oxygen atoms in total. The van der Waals surface area contributed by atoms with Gasteiger partial charge < -0.3 is 15.6 Å². The first kappa shape index (κ1) is 10.7. The third-order valence-electron chi connectivity index (χ3n) is 2.72. The molecule has 0 aliphatic heterocycles. The third kappa shape index (κ3) is 2.24. The van der Waals surface area contributed by atoms with Crippen molar-refractivity contribution in [3.05, 3.63) is 28.7 Å². The van der Waals surface area contributed by atoms with E-state index in [4.69, 9.17) is 5.73 Å². The highest BCUT2D eigenvalue weighted by Crippen LogP contribution is 2.19. The summed E-state index contributed by atoms with van der Waals surface area (Å²) in [5.74, 6) is -0.0365. The van der Waals surface area contributed by atoms with Crippen LogP contribution in [0.25, 0.3) is 0 Å². The molecule has 0 aromatic carbocycles. The summed E-state index contributed by atoms with van der Waals surface area (Å²) < 4.78 is 1.65. The summed E-state index contributed by atoms with van der Waals surface area (Å²) in [6, 6.07) is 1.37. The lowest BCUT2D eigenvalue weighted by molar-refractivity contribution is -0.124. The molecule has 86 valence electrons. The molecule has 2 rings (SSSR count). The zero-order chi connectivity index (χ0) is 11.7. The zero-order valence-corrected chi connectivity index (χ0v) is 9.14. The maximum Gasteiger partial charge on any atom is 0.242 e. The Morgan fingerprint density at radius 2 is 2.31 bits per heavy atom. The molecule has 3 N–H and O–H groups in total. The van der Waals surface area contributed by atoms with Gasteiger partial charge in [0.15, 0.2) is 0 Å². The standard InChI is InChI=1S/C11H15N3O2/c1-7(11(16)13-8-2-3-8)14-5-4-10(15)9(12)6-14/h4-8H,2-3,12H2,1H3,(H,13,16). The molecule has 1 aliphatic carbocycles. The third-order valence-corrected chi connectivity index (χ3v) is 2.72. The van der Waals surface area contributed by atoms with E-state index in [1.807, 2.05) is 0 Å². The average Bonchev–Trinajstić information content (AvgIpc) is 3.05. The number of nitrogens with one attached hydrogen (secondary N) is 1. The molecule has 1 amide bonds. The van der Waals surface area contributed by atoms with Crippen LogP contribution >= 0.6 is 0 Å². The quantitative estimate of drug-likeness (QED) is 0.769. The van der Waals surface area contributed by atoms with Gasteiger partial charge in [0.2, 0.25) is 11.3 Å². The summed E-state index contributed by atoms with van der Waals surface area (Å²) in [7, 11) is 0. The van der Waals surface area contributed by atoms with Gasteiger partial charge in [-0.1, -0.05) is 0 Å². The fraction of sp³-hybridized carbons (Fsp3) is 0.455. The van der Waals surface area contributed by atoms with Gasteiger partial charge in [-0.15, -0.1) is 0 Å². The van der Waals surface area contributed by atoms with E-state index in [-0.39, 0.29) is 23.1 Å². The Hall–Kier alpha value is -1.78. The van der Waals surface area contributed by atoms with Crippen molar-refractivity contribution in [1.82, 2.24) is 9.88 Å². The van der Waals surface area contributed by atoms with E-state index in [0.29, 0.717) is 6.04 Å². The monoisotopic (exact) mass is 221 g/mol. The number of nitrogens with zero attached hydrogens (tertiary/aromatic N) is 1. The Kier molecular flexibility index (Phi) is 2.68. The summed E-state index contributed by atoms with van der Waals surface area (Å²) in [5, 5.41) is 2.91. The number of nitrogens with two attached hydrogens (primary N) is 1. The molecular weight excluding hydrogens is 206 g/mol.